The van der Waals surface area contributed by atoms with Crippen LogP contribution in [-0.4, -0.2) is 23.9 Å². The van der Waals surface area contributed by atoms with E-state index in [0.717, 1.165) is 11.1 Å². The highest BCUT2D eigenvalue weighted by Crippen LogP contribution is 2.44. The van der Waals surface area contributed by atoms with E-state index in [0.29, 0.717) is 28.5 Å². The van der Waals surface area contributed by atoms with E-state index >= 15 is 0 Å². The van der Waals surface area contributed by atoms with Crippen LogP contribution in [0.25, 0.3) is 5.76 Å². The number of furan rings is 1. The molecular formula is C25H23NO5. The van der Waals surface area contributed by atoms with E-state index < -0.39 is 17.7 Å². The van der Waals surface area contributed by atoms with Crippen LogP contribution in [0.2, 0.25) is 0 Å². The Morgan fingerprint density at radius 1 is 1.03 bits per heavy atom. The van der Waals surface area contributed by atoms with Crippen molar-refractivity contribution < 1.29 is 23.8 Å². The second-order valence-electron chi connectivity index (χ2n) is 7.57. The summed E-state index contributed by atoms with van der Waals surface area (Å²) in [6.07, 6.45) is 0. The highest BCUT2D eigenvalue weighted by Gasteiger charge is 2.48. The number of methoxy groups -OCH3 is 1. The minimum absolute atomic E-state index is 0.0199. The molecular weight excluding hydrogens is 394 g/mol. The lowest BCUT2D eigenvalue weighted by atomic mass is 9.98. The van der Waals surface area contributed by atoms with Crippen LogP contribution in [0.15, 0.2) is 64.6 Å². The molecule has 4 rings (SSSR count). The molecule has 31 heavy (non-hydrogen) atoms. The molecule has 6 nitrogen and oxygen atoms in total. The van der Waals surface area contributed by atoms with Crippen LogP contribution in [0, 0.1) is 20.8 Å². The number of nitrogens with zero attached hydrogens (tertiary/aromatic N) is 1. The molecule has 1 fully saturated rings. The summed E-state index contributed by atoms with van der Waals surface area (Å²) in [7, 11) is 1.52. The van der Waals surface area contributed by atoms with Gasteiger partial charge in [-0.15, -0.1) is 0 Å². The molecule has 2 heterocycles. The lowest BCUT2D eigenvalue weighted by Gasteiger charge is -2.25. The monoisotopic (exact) mass is 417 g/mol. The molecule has 3 aromatic rings. The fraction of sp³-hybridized carbons (Fsp3) is 0.200. The Bertz CT molecular complexity index is 1220. The van der Waals surface area contributed by atoms with Crippen LogP contribution >= 0.6 is 0 Å². The number of carbonyl (C=O) groups is 2. The highest BCUT2D eigenvalue weighted by atomic mass is 16.5. The maximum atomic E-state index is 13.2. The molecule has 1 aliphatic rings. The molecule has 1 saturated heterocycles. The van der Waals surface area contributed by atoms with Crippen molar-refractivity contribution in [3.63, 3.8) is 0 Å². The molecule has 0 saturated carbocycles. The first kappa shape index (κ1) is 20.5. The Kier molecular flexibility index (Phi) is 5.15. The van der Waals surface area contributed by atoms with Crippen molar-refractivity contribution in [2.75, 3.05) is 12.0 Å². The standard InChI is InChI=1S/C25H23NO5/c1-14-7-5-10-19(16(14)3)26-22(20-12-11-15(2)31-20)21(24(28)25(26)29)23(27)17-8-6-9-18(13-17)30-4/h5-13,22,27H,1-4H3/b23-21-. The quantitative estimate of drug-likeness (QED) is 0.373. The predicted molar refractivity (Wildman–Crippen MR) is 117 cm³/mol. The number of aliphatic hydroxyl groups excluding tert-OH is 1. The lowest BCUT2D eigenvalue weighted by molar-refractivity contribution is -0.132. The van der Waals surface area contributed by atoms with E-state index in [-0.39, 0.29) is 11.3 Å². The number of rotatable bonds is 4. The number of hydrogen-bond acceptors (Lipinski definition) is 5. The normalized spacial score (nSPS) is 17.9. The van der Waals surface area contributed by atoms with E-state index in [4.69, 9.17) is 9.15 Å². The Labute approximate surface area is 180 Å². The number of aliphatic hydroxyl groups is 1. The number of benzene rings is 2. The van der Waals surface area contributed by atoms with E-state index in [9.17, 15) is 14.7 Å². The smallest absolute Gasteiger partial charge is 0.300 e. The zero-order valence-corrected chi connectivity index (χ0v) is 17.8. The second-order valence-corrected chi connectivity index (χ2v) is 7.57. The van der Waals surface area contributed by atoms with Gasteiger partial charge in [-0.3, -0.25) is 14.5 Å². The summed E-state index contributed by atoms with van der Waals surface area (Å²) >= 11 is 0. The SMILES string of the molecule is COc1cccc(/C(O)=C2/C(=O)C(=O)N(c3cccc(C)c3C)C2c2ccc(C)o2)c1. The first-order valence-electron chi connectivity index (χ1n) is 9.91. The first-order chi connectivity index (χ1) is 14.8. The van der Waals surface area contributed by atoms with Gasteiger partial charge in [0, 0.05) is 11.3 Å². The first-order valence-corrected chi connectivity index (χ1v) is 9.91. The molecule has 1 amide bonds. The molecule has 0 bridgehead atoms. The zero-order valence-electron chi connectivity index (χ0n) is 17.8. The summed E-state index contributed by atoms with van der Waals surface area (Å²) in [5, 5.41) is 11.1. The molecule has 6 heteroatoms. The van der Waals surface area contributed by atoms with Crippen molar-refractivity contribution in [3.8, 4) is 5.75 Å². The maximum Gasteiger partial charge on any atom is 0.300 e. The Hall–Kier alpha value is -3.80. The fourth-order valence-corrected chi connectivity index (χ4v) is 3.87. The van der Waals surface area contributed by atoms with E-state index in [1.807, 2.05) is 26.0 Å². The largest absolute Gasteiger partial charge is 0.507 e. The van der Waals surface area contributed by atoms with Gasteiger partial charge in [-0.05, 0) is 62.2 Å². The fourth-order valence-electron chi connectivity index (χ4n) is 3.87. The molecule has 0 aliphatic carbocycles. The third kappa shape index (κ3) is 3.40. The molecule has 0 radical (unpaired) electrons. The van der Waals surface area contributed by atoms with Crippen LogP contribution in [0.3, 0.4) is 0 Å². The predicted octanol–water partition coefficient (Wildman–Crippen LogP) is 4.84. The number of ketones is 1. The van der Waals surface area contributed by atoms with Crippen LogP contribution in [-0.2, 0) is 9.59 Å². The number of carbonyl (C=O) groups excluding carboxylic acids is 2. The molecule has 1 atom stereocenters. The number of amides is 1. The summed E-state index contributed by atoms with van der Waals surface area (Å²) in [6.45, 7) is 5.63. The van der Waals surface area contributed by atoms with Crippen molar-refractivity contribution in [1.82, 2.24) is 0 Å². The molecule has 1 N–H and O–H groups in total. The highest BCUT2D eigenvalue weighted by molar-refractivity contribution is 6.51. The summed E-state index contributed by atoms with van der Waals surface area (Å²) in [4.78, 5) is 27.8. The summed E-state index contributed by atoms with van der Waals surface area (Å²) in [5.74, 6) is -0.176. The minimum atomic E-state index is -0.889. The third-order valence-corrected chi connectivity index (χ3v) is 5.65. The number of anilines is 1. The molecule has 0 spiro atoms. The van der Waals surface area contributed by atoms with Crippen LogP contribution < -0.4 is 9.64 Å². The van der Waals surface area contributed by atoms with Gasteiger partial charge in [-0.25, -0.2) is 0 Å². The van der Waals surface area contributed by atoms with E-state index in [1.54, 1.807) is 49.4 Å². The van der Waals surface area contributed by atoms with Crippen molar-refractivity contribution in [1.29, 1.82) is 0 Å². The van der Waals surface area contributed by atoms with Gasteiger partial charge < -0.3 is 14.3 Å². The van der Waals surface area contributed by atoms with E-state index in [2.05, 4.69) is 0 Å². The van der Waals surface area contributed by atoms with Gasteiger partial charge in [-0.1, -0.05) is 24.3 Å². The summed E-state index contributed by atoms with van der Waals surface area (Å²) in [6, 6.07) is 14.9. The number of hydrogen-bond donors (Lipinski definition) is 1. The van der Waals surface area contributed by atoms with Crippen LogP contribution in [0.4, 0.5) is 5.69 Å². The van der Waals surface area contributed by atoms with Gasteiger partial charge in [-0.2, -0.15) is 0 Å². The van der Waals surface area contributed by atoms with Crippen molar-refractivity contribution in [2.45, 2.75) is 26.8 Å². The molecule has 158 valence electrons. The molecule has 1 unspecified atom stereocenters. The van der Waals surface area contributed by atoms with Crippen molar-refractivity contribution in [3.05, 3.63) is 88.4 Å². The van der Waals surface area contributed by atoms with Gasteiger partial charge in [0.1, 0.15) is 29.1 Å². The van der Waals surface area contributed by atoms with Crippen LogP contribution in [0.1, 0.15) is 34.3 Å². The zero-order chi connectivity index (χ0) is 22.3. The minimum Gasteiger partial charge on any atom is -0.507 e. The molecule has 1 aliphatic heterocycles. The summed E-state index contributed by atoms with van der Waals surface area (Å²) in [5.41, 5.74) is 2.83. The number of ether oxygens (including phenoxy) is 1. The lowest BCUT2D eigenvalue weighted by Crippen LogP contribution is -2.30. The molecule has 1 aromatic heterocycles. The Morgan fingerprint density at radius 3 is 2.45 bits per heavy atom. The molecule has 2 aromatic carbocycles. The Morgan fingerprint density at radius 2 is 1.77 bits per heavy atom. The van der Waals surface area contributed by atoms with Crippen LogP contribution in [0.5, 0.6) is 5.75 Å². The third-order valence-electron chi connectivity index (χ3n) is 5.65. The van der Waals surface area contributed by atoms with Gasteiger partial charge in [0.2, 0.25) is 0 Å². The van der Waals surface area contributed by atoms with Crippen molar-refractivity contribution in [2.24, 2.45) is 0 Å². The van der Waals surface area contributed by atoms with E-state index in [1.165, 1.54) is 12.0 Å². The van der Waals surface area contributed by atoms with Gasteiger partial charge >= 0.3 is 0 Å². The average molecular weight is 417 g/mol. The maximum absolute atomic E-state index is 13.2. The second kappa shape index (κ2) is 7.80. The number of Topliss-reactive ketones (excluding diaryl/α,β-unsaturated/α-hetero) is 1. The van der Waals surface area contributed by atoms with Gasteiger partial charge in [0.25, 0.3) is 11.7 Å². The average Bonchev–Trinajstić information content (AvgIpc) is 3.31. The van der Waals surface area contributed by atoms with Crippen molar-refractivity contribution >= 4 is 23.1 Å². The van der Waals surface area contributed by atoms with Gasteiger partial charge in [0.15, 0.2) is 0 Å². The Balaban J connectivity index is 1.97. The summed E-state index contributed by atoms with van der Waals surface area (Å²) < 4.78 is 11.1. The topological polar surface area (TPSA) is 80.0 Å². The van der Waals surface area contributed by atoms with Gasteiger partial charge in [0.05, 0.1) is 12.7 Å². The number of aryl methyl sites for hydroxylation is 2.